The minimum absolute atomic E-state index is 0.183. The fourth-order valence-electron chi connectivity index (χ4n) is 14.0. The van der Waals surface area contributed by atoms with E-state index in [1.165, 1.54) is 102 Å². The van der Waals surface area contributed by atoms with Crippen LogP contribution in [0.25, 0.3) is 66.1 Å². The van der Waals surface area contributed by atoms with Crippen LogP contribution >= 0.6 is 0 Å². The molecular weight excluding hydrogens is 897 g/mol. The van der Waals surface area contributed by atoms with E-state index in [2.05, 4.69) is 265 Å². The topological polar surface area (TPSA) is 19.6 Å². The van der Waals surface area contributed by atoms with Gasteiger partial charge in [0, 0.05) is 45.0 Å². The lowest BCUT2D eigenvalue weighted by atomic mass is 9.68. The summed E-state index contributed by atoms with van der Waals surface area (Å²) in [4.78, 5) is 5.08. The molecule has 1 saturated carbocycles. The van der Waals surface area contributed by atoms with Gasteiger partial charge in [-0.25, -0.2) is 0 Å². The van der Waals surface area contributed by atoms with Crippen LogP contribution in [0.3, 0.4) is 0 Å². The molecule has 3 aliphatic carbocycles. The third kappa shape index (κ3) is 6.59. The summed E-state index contributed by atoms with van der Waals surface area (Å²) in [5, 5.41) is 4.74. The molecule has 1 spiro atoms. The summed E-state index contributed by atoms with van der Waals surface area (Å²) in [6, 6.07) is 94.1. The van der Waals surface area contributed by atoms with Gasteiger partial charge in [-0.2, -0.15) is 0 Å². The molecule has 0 amide bonds. The SMILES string of the molecule is c1ccc(-c2ccc(-c3c(-c4ccc(N(c5ccc6c(c5)oc5ccccc56)c5cccc6c5C57c8c(cccc8N(c8ccccc8)c8ccccc8)CC5CCC7C6)cc4)ccc4ccccc34)cc2)cc1. The number of fused-ring (bicyclic) bond motifs is 6. The standard InChI is InChI=1S/C71H52N2O/c1-4-16-47(17-5-1)48-30-32-51(33-31-48)68-60-25-11-10-18-49(60)36-42-61(68)50-34-39-58(40-35-50)73(59-41-43-63-62-26-12-13-29-66(62)74-67(63)46-59)65-28-15-20-53-45-55-38-37-54-44-52-19-14-27-64(69(52)71(54,55)70(53)65)72(56-21-6-2-7-22-56)57-23-8-3-9-24-57/h1-36,39-43,46,54-55H,37-38,44-45H2. The van der Waals surface area contributed by atoms with Crippen LogP contribution in [0, 0.1) is 11.8 Å². The van der Waals surface area contributed by atoms with E-state index in [-0.39, 0.29) is 5.41 Å². The van der Waals surface area contributed by atoms with E-state index in [0.29, 0.717) is 11.8 Å². The van der Waals surface area contributed by atoms with Gasteiger partial charge in [-0.15, -0.1) is 0 Å². The third-order valence-electron chi connectivity index (χ3n) is 16.9. The molecule has 0 N–H and O–H groups in total. The second-order valence-electron chi connectivity index (χ2n) is 20.7. The predicted molar refractivity (Wildman–Crippen MR) is 308 cm³/mol. The zero-order valence-corrected chi connectivity index (χ0v) is 41.0. The molecule has 352 valence electrons. The molecule has 0 radical (unpaired) electrons. The van der Waals surface area contributed by atoms with Crippen LogP contribution in [0.5, 0.6) is 0 Å². The molecule has 3 heteroatoms. The van der Waals surface area contributed by atoms with E-state index < -0.39 is 0 Å². The highest BCUT2D eigenvalue weighted by atomic mass is 16.3. The lowest BCUT2D eigenvalue weighted by molar-refractivity contribution is 0.350. The molecule has 12 aromatic rings. The van der Waals surface area contributed by atoms with Crippen LogP contribution in [-0.4, -0.2) is 0 Å². The minimum atomic E-state index is -0.183. The summed E-state index contributed by atoms with van der Waals surface area (Å²) in [7, 11) is 0. The first kappa shape index (κ1) is 42.7. The van der Waals surface area contributed by atoms with Crippen LogP contribution < -0.4 is 9.80 Å². The molecule has 1 heterocycles. The number of hydrogen-bond acceptors (Lipinski definition) is 3. The largest absolute Gasteiger partial charge is 0.456 e. The predicted octanol–water partition coefficient (Wildman–Crippen LogP) is 19.1. The molecule has 1 fully saturated rings. The van der Waals surface area contributed by atoms with Gasteiger partial charge >= 0.3 is 0 Å². The van der Waals surface area contributed by atoms with Gasteiger partial charge in [-0.05, 0) is 171 Å². The molecule has 3 unspecified atom stereocenters. The van der Waals surface area contributed by atoms with Crippen LogP contribution in [0.1, 0.15) is 35.1 Å². The summed E-state index contributed by atoms with van der Waals surface area (Å²) in [6.45, 7) is 0. The summed E-state index contributed by atoms with van der Waals surface area (Å²) in [5.74, 6) is 0.962. The first-order chi connectivity index (χ1) is 36.7. The van der Waals surface area contributed by atoms with Crippen molar-refractivity contribution in [1.82, 2.24) is 0 Å². The lowest BCUT2D eigenvalue weighted by Crippen LogP contribution is -2.34. The Bertz CT molecular complexity index is 4040. The molecular formula is C71H52N2O. The molecule has 1 aromatic heterocycles. The quantitative estimate of drug-likeness (QED) is 0.144. The van der Waals surface area contributed by atoms with Crippen molar-refractivity contribution in [3.63, 3.8) is 0 Å². The Labute approximate surface area is 432 Å². The summed E-state index contributed by atoms with van der Waals surface area (Å²) in [5.41, 5.74) is 21.9. The van der Waals surface area contributed by atoms with Gasteiger partial charge in [-0.3, -0.25) is 0 Å². The lowest BCUT2D eigenvalue weighted by Gasteiger charge is -2.40. The van der Waals surface area contributed by atoms with Gasteiger partial charge in [0.2, 0.25) is 0 Å². The summed E-state index contributed by atoms with van der Waals surface area (Å²) >= 11 is 0. The zero-order valence-electron chi connectivity index (χ0n) is 41.0. The molecule has 74 heavy (non-hydrogen) atoms. The van der Waals surface area contributed by atoms with Gasteiger partial charge in [0.15, 0.2) is 0 Å². The van der Waals surface area contributed by atoms with E-state index in [9.17, 15) is 0 Å². The van der Waals surface area contributed by atoms with Crippen LogP contribution in [-0.2, 0) is 18.3 Å². The van der Waals surface area contributed by atoms with Crippen molar-refractivity contribution in [3.05, 3.63) is 277 Å². The molecule has 11 aromatic carbocycles. The van der Waals surface area contributed by atoms with Crippen molar-refractivity contribution in [2.75, 3.05) is 9.80 Å². The Balaban J connectivity index is 0.922. The number of nitrogens with zero attached hydrogens (tertiary/aromatic N) is 2. The zero-order chi connectivity index (χ0) is 48.7. The average Bonchev–Trinajstić information content (AvgIpc) is 4.21. The van der Waals surface area contributed by atoms with Crippen molar-refractivity contribution < 1.29 is 4.42 Å². The maximum Gasteiger partial charge on any atom is 0.137 e. The highest BCUT2D eigenvalue weighted by molar-refractivity contribution is 6.07. The second kappa shape index (κ2) is 17.1. The fourth-order valence-corrected chi connectivity index (χ4v) is 14.0. The van der Waals surface area contributed by atoms with Gasteiger partial charge < -0.3 is 14.2 Å². The number of anilines is 6. The van der Waals surface area contributed by atoms with E-state index in [1.807, 2.05) is 0 Å². The Hall–Kier alpha value is -8.92. The van der Waals surface area contributed by atoms with Gasteiger partial charge in [0.05, 0.1) is 11.4 Å². The molecule has 0 aliphatic heterocycles. The number of para-hydroxylation sites is 3. The summed E-state index contributed by atoms with van der Waals surface area (Å²) in [6.07, 6.45) is 4.57. The Kier molecular flexibility index (Phi) is 9.88. The first-order valence-corrected chi connectivity index (χ1v) is 26.3. The average molecular weight is 949 g/mol. The number of furan rings is 1. The van der Waals surface area contributed by atoms with Crippen molar-refractivity contribution in [1.29, 1.82) is 0 Å². The van der Waals surface area contributed by atoms with E-state index >= 15 is 0 Å². The normalized spacial score (nSPS) is 17.3. The third-order valence-corrected chi connectivity index (χ3v) is 16.9. The number of hydrogen-bond donors (Lipinski definition) is 0. The molecule has 3 atom stereocenters. The van der Waals surface area contributed by atoms with Crippen LogP contribution in [0.2, 0.25) is 0 Å². The van der Waals surface area contributed by atoms with Gasteiger partial charge in [0.1, 0.15) is 11.2 Å². The van der Waals surface area contributed by atoms with Crippen LogP contribution in [0.4, 0.5) is 34.1 Å². The summed E-state index contributed by atoms with van der Waals surface area (Å²) < 4.78 is 6.69. The first-order valence-electron chi connectivity index (χ1n) is 26.3. The molecule has 15 rings (SSSR count). The maximum atomic E-state index is 6.69. The molecule has 3 aliphatic rings. The van der Waals surface area contributed by atoms with Crippen molar-refractivity contribution in [3.8, 4) is 33.4 Å². The second-order valence-corrected chi connectivity index (χ2v) is 20.7. The highest BCUT2D eigenvalue weighted by Crippen LogP contribution is 2.69. The van der Waals surface area contributed by atoms with Crippen molar-refractivity contribution >= 4 is 66.8 Å². The Morgan fingerprint density at radius 3 is 1.51 bits per heavy atom. The van der Waals surface area contributed by atoms with Crippen molar-refractivity contribution in [2.24, 2.45) is 11.8 Å². The van der Waals surface area contributed by atoms with Gasteiger partial charge in [-0.1, -0.05) is 182 Å². The smallest absolute Gasteiger partial charge is 0.137 e. The number of benzene rings is 11. The number of rotatable bonds is 9. The monoisotopic (exact) mass is 948 g/mol. The fraction of sp³-hybridized carbons (Fsp3) is 0.0986. The van der Waals surface area contributed by atoms with Crippen molar-refractivity contribution in [2.45, 2.75) is 31.1 Å². The Morgan fingerprint density at radius 1 is 0.351 bits per heavy atom. The van der Waals surface area contributed by atoms with Gasteiger partial charge in [0.25, 0.3) is 0 Å². The minimum Gasteiger partial charge on any atom is -0.456 e. The molecule has 3 nitrogen and oxygen atoms in total. The van der Waals surface area contributed by atoms with E-state index in [1.54, 1.807) is 0 Å². The molecule has 0 bridgehead atoms. The Morgan fingerprint density at radius 2 is 0.851 bits per heavy atom. The molecule has 0 saturated heterocycles. The van der Waals surface area contributed by atoms with E-state index in [0.717, 1.165) is 46.2 Å². The van der Waals surface area contributed by atoms with E-state index in [4.69, 9.17) is 4.42 Å². The highest BCUT2D eigenvalue weighted by Gasteiger charge is 2.62. The maximum absolute atomic E-state index is 6.69. The van der Waals surface area contributed by atoms with Crippen LogP contribution in [0.15, 0.2) is 259 Å².